The van der Waals surface area contributed by atoms with Gasteiger partial charge in [0.1, 0.15) is 12.4 Å². The van der Waals surface area contributed by atoms with Crippen molar-refractivity contribution in [2.75, 3.05) is 0 Å². The largest absolute Gasteiger partial charge is 0.461 e. The highest BCUT2D eigenvalue weighted by molar-refractivity contribution is 5.64. The van der Waals surface area contributed by atoms with E-state index in [1.54, 1.807) is 0 Å². The molecule has 0 fully saturated rings. The minimum atomic E-state index is -1.04. The van der Waals surface area contributed by atoms with Gasteiger partial charge in [-0.2, -0.15) is 0 Å². The molecule has 5 aromatic carbocycles. The molecule has 2 aliphatic carbocycles. The first-order chi connectivity index (χ1) is 23.1. The molecule has 0 radical (unpaired) electrons. The third kappa shape index (κ3) is 5.80. The molecular weight excluding hydrogens is 580 g/mol. The highest BCUT2D eigenvalue weighted by atomic mass is 17.2. The van der Waals surface area contributed by atoms with Gasteiger partial charge in [0.2, 0.25) is 6.29 Å². The Hall–Kier alpha value is -4.22. The van der Waals surface area contributed by atoms with Crippen LogP contribution in [-0.4, -0.2) is 12.4 Å². The lowest BCUT2D eigenvalue weighted by molar-refractivity contribution is -0.409. The number of fused-ring (bicyclic) bond motifs is 7. The van der Waals surface area contributed by atoms with Crippen LogP contribution >= 0.6 is 0 Å². The van der Waals surface area contributed by atoms with Crippen molar-refractivity contribution in [3.63, 3.8) is 0 Å². The molecule has 4 heteroatoms. The van der Waals surface area contributed by atoms with Crippen molar-refractivity contribution >= 4 is 0 Å². The Kier molecular flexibility index (Phi) is 8.18. The second kappa shape index (κ2) is 12.8. The number of benzene rings is 5. The molecule has 47 heavy (non-hydrogen) atoms. The molecular formula is C43H42O4. The van der Waals surface area contributed by atoms with Gasteiger partial charge in [-0.25, -0.2) is 9.78 Å². The average Bonchev–Trinajstić information content (AvgIpc) is 3.30. The van der Waals surface area contributed by atoms with Gasteiger partial charge in [-0.1, -0.05) is 115 Å². The molecule has 0 saturated carbocycles. The van der Waals surface area contributed by atoms with Crippen LogP contribution in [-0.2, 0) is 46.0 Å². The zero-order valence-corrected chi connectivity index (χ0v) is 27.3. The SMILES string of the molecule is Cc1ccc(-c2ccc(COO[C@@](C)(c3ccccc3)C3Oc4ccc5c(c4[C@H]4c6ccccc6CCC4O3)CCCC5)cc2)cc1. The topological polar surface area (TPSA) is 36.9 Å². The second-order valence-electron chi connectivity index (χ2n) is 13.5. The monoisotopic (exact) mass is 622 g/mol. The maximum atomic E-state index is 7.11. The van der Waals surface area contributed by atoms with Crippen LogP contribution in [0.15, 0.2) is 115 Å². The lowest BCUT2D eigenvalue weighted by Gasteiger charge is -2.38. The maximum absolute atomic E-state index is 7.11. The maximum Gasteiger partial charge on any atom is 0.236 e. The Morgan fingerprint density at radius 2 is 1.45 bits per heavy atom. The Morgan fingerprint density at radius 3 is 2.26 bits per heavy atom. The molecule has 0 bridgehead atoms. The van der Waals surface area contributed by atoms with E-state index in [4.69, 9.17) is 19.2 Å². The fourth-order valence-corrected chi connectivity index (χ4v) is 7.79. The van der Waals surface area contributed by atoms with Crippen LogP contribution in [0.2, 0.25) is 0 Å². The predicted octanol–water partition coefficient (Wildman–Crippen LogP) is 9.79. The summed E-state index contributed by atoms with van der Waals surface area (Å²) in [5.74, 6) is 1.01. The molecule has 2 unspecified atom stereocenters. The third-order valence-electron chi connectivity index (χ3n) is 10.4. The van der Waals surface area contributed by atoms with Crippen LogP contribution in [0.1, 0.15) is 76.6 Å². The van der Waals surface area contributed by atoms with Gasteiger partial charge in [0.15, 0.2) is 5.60 Å². The van der Waals surface area contributed by atoms with Crippen LogP contribution in [0, 0.1) is 6.92 Å². The smallest absolute Gasteiger partial charge is 0.236 e. The van der Waals surface area contributed by atoms with Crippen LogP contribution in [0.25, 0.3) is 11.1 Å². The second-order valence-corrected chi connectivity index (χ2v) is 13.5. The van der Waals surface area contributed by atoms with E-state index < -0.39 is 11.9 Å². The van der Waals surface area contributed by atoms with Gasteiger partial charge in [0.05, 0.1) is 6.10 Å². The van der Waals surface area contributed by atoms with E-state index in [0.717, 1.165) is 42.6 Å². The van der Waals surface area contributed by atoms with Crippen LogP contribution in [0.3, 0.4) is 0 Å². The summed E-state index contributed by atoms with van der Waals surface area (Å²) in [5.41, 5.74) is 11.6. The molecule has 0 spiro atoms. The minimum absolute atomic E-state index is 0.0504. The van der Waals surface area contributed by atoms with E-state index in [1.807, 2.05) is 25.1 Å². The van der Waals surface area contributed by atoms with Crippen LogP contribution in [0.4, 0.5) is 0 Å². The van der Waals surface area contributed by atoms with Gasteiger partial charge in [-0.15, -0.1) is 0 Å². The lowest BCUT2D eigenvalue weighted by Crippen LogP contribution is -2.47. The minimum Gasteiger partial charge on any atom is -0.461 e. The van der Waals surface area contributed by atoms with Gasteiger partial charge >= 0.3 is 0 Å². The molecule has 0 aromatic heterocycles. The fraction of sp³-hybridized carbons (Fsp3) is 0.302. The quantitative estimate of drug-likeness (QED) is 0.134. The van der Waals surface area contributed by atoms with E-state index >= 15 is 0 Å². The van der Waals surface area contributed by atoms with Crippen molar-refractivity contribution in [2.45, 2.75) is 82.9 Å². The Labute approximate surface area is 278 Å². The van der Waals surface area contributed by atoms with Crippen molar-refractivity contribution in [3.05, 3.63) is 160 Å². The zero-order valence-electron chi connectivity index (χ0n) is 27.3. The van der Waals surface area contributed by atoms with Gasteiger partial charge in [-0.3, -0.25) is 0 Å². The number of ether oxygens (including phenoxy) is 2. The molecule has 5 aromatic rings. The summed E-state index contributed by atoms with van der Waals surface area (Å²) in [4.78, 5) is 12.6. The summed E-state index contributed by atoms with van der Waals surface area (Å²) in [6.07, 6.45) is 5.77. The fourth-order valence-electron chi connectivity index (χ4n) is 7.79. The van der Waals surface area contributed by atoms with Crippen LogP contribution < -0.4 is 4.74 Å². The van der Waals surface area contributed by atoms with E-state index in [2.05, 4.69) is 104 Å². The van der Waals surface area contributed by atoms with E-state index in [1.165, 1.54) is 57.3 Å². The third-order valence-corrected chi connectivity index (χ3v) is 10.4. The first kappa shape index (κ1) is 30.1. The summed E-state index contributed by atoms with van der Waals surface area (Å²) in [6, 6.07) is 40.6. The van der Waals surface area contributed by atoms with Crippen molar-refractivity contribution in [1.29, 1.82) is 0 Å². The zero-order chi connectivity index (χ0) is 31.8. The molecule has 0 amide bonds. The highest BCUT2D eigenvalue weighted by Crippen LogP contribution is 2.50. The first-order valence-corrected chi connectivity index (χ1v) is 17.1. The summed E-state index contributed by atoms with van der Waals surface area (Å²) >= 11 is 0. The first-order valence-electron chi connectivity index (χ1n) is 17.1. The van der Waals surface area contributed by atoms with Crippen molar-refractivity contribution in [2.24, 2.45) is 0 Å². The van der Waals surface area contributed by atoms with Gasteiger partial charge in [-0.05, 0) is 103 Å². The standard InChI is InChI=1S/C43H42O4/c1-29-16-20-31(21-17-29)32-22-18-30(19-23-32)28-44-47-43(2,35-12-4-3-5-13-35)42-45-38-26-24-33-10-6-8-14-36(33)40(38)41-37-15-9-7-11-34(37)25-27-39(41)46-42/h3-6,8,10,12-14,16-23,25,27,38,40,42H,7,9,11,15,24,26,28H2,1-2H3/t38?,40-,42?,43-/m0/s1. The summed E-state index contributed by atoms with van der Waals surface area (Å²) in [7, 11) is 0. The molecule has 4 atom stereocenters. The van der Waals surface area contributed by atoms with Gasteiger partial charge < -0.3 is 9.47 Å². The van der Waals surface area contributed by atoms with E-state index in [9.17, 15) is 0 Å². The lowest BCUT2D eigenvalue weighted by atomic mass is 9.73. The molecule has 8 rings (SSSR count). The normalized spacial score (nSPS) is 21.2. The highest BCUT2D eigenvalue weighted by Gasteiger charge is 2.48. The Morgan fingerprint density at radius 1 is 0.723 bits per heavy atom. The van der Waals surface area contributed by atoms with Gasteiger partial charge in [0.25, 0.3) is 0 Å². The number of hydrogen-bond donors (Lipinski definition) is 0. The summed E-state index contributed by atoms with van der Waals surface area (Å²) < 4.78 is 14.1. The number of aryl methyl sites for hydroxylation is 3. The molecule has 4 nitrogen and oxygen atoms in total. The molecule has 1 aliphatic heterocycles. The average molecular weight is 623 g/mol. The molecule has 238 valence electrons. The summed E-state index contributed by atoms with van der Waals surface area (Å²) in [6.45, 7) is 4.44. The van der Waals surface area contributed by atoms with Gasteiger partial charge in [0, 0.05) is 11.5 Å². The summed E-state index contributed by atoms with van der Waals surface area (Å²) in [5, 5.41) is 0. The van der Waals surface area contributed by atoms with Crippen molar-refractivity contribution < 1.29 is 19.2 Å². The number of rotatable bonds is 7. The molecule has 3 aliphatic rings. The van der Waals surface area contributed by atoms with E-state index in [0.29, 0.717) is 6.61 Å². The number of hydrogen-bond acceptors (Lipinski definition) is 4. The van der Waals surface area contributed by atoms with Crippen LogP contribution in [0.5, 0.6) is 5.75 Å². The molecule has 1 heterocycles. The van der Waals surface area contributed by atoms with Crippen molar-refractivity contribution in [1.82, 2.24) is 0 Å². The Bertz CT molecular complexity index is 1850. The molecule has 0 N–H and O–H groups in total. The molecule has 0 saturated heterocycles. The Balaban J connectivity index is 1.11. The van der Waals surface area contributed by atoms with Crippen molar-refractivity contribution in [3.8, 4) is 16.9 Å². The predicted molar refractivity (Wildman–Crippen MR) is 185 cm³/mol. The van der Waals surface area contributed by atoms with E-state index in [-0.39, 0.29) is 12.0 Å².